The Kier molecular flexibility index (Phi) is 15.6. The van der Waals surface area contributed by atoms with E-state index in [0.717, 1.165) is 85.4 Å². The molecule has 8 nitrogen and oxygen atoms in total. The summed E-state index contributed by atoms with van der Waals surface area (Å²) in [6.07, 6.45) is 7.22. The zero-order valence-electron chi connectivity index (χ0n) is 43.4. The number of benzene rings is 4. The lowest BCUT2D eigenvalue weighted by molar-refractivity contribution is -0.134. The van der Waals surface area contributed by atoms with Crippen LogP contribution in [0.3, 0.4) is 0 Å². The molecule has 2 aliphatic heterocycles. The normalized spacial score (nSPS) is 15.7. The van der Waals surface area contributed by atoms with Crippen molar-refractivity contribution in [2.45, 2.75) is 127 Å². The molecule has 0 unspecified atom stereocenters. The second-order valence-electron chi connectivity index (χ2n) is 19.6. The number of aliphatic imine (C=N–C) groups is 2. The number of carbonyl (C=O) groups excluding carboxylic acids is 2. The average Bonchev–Trinajstić information content (AvgIpc) is 4.01. The lowest BCUT2D eigenvalue weighted by Gasteiger charge is -2.30. The number of hydrogen-bond acceptors (Lipinski definition) is 4. The highest BCUT2D eigenvalue weighted by Gasteiger charge is 2.27. The number of aromatic amines is 2. The lowest BCUT2D eigenvalue weighted by Crippen LogP contribution is -2.33. The predicted octanol–water partition coefficient (Wildman–Crippen LogP) is 14.4. The van der Waals surface area contributed by atoms with Crippen LogP contribution in [0.25, 0.3) is 12.2 Å². The lowest BCUT2D eigenvalue weighted by atomic mass is 9.93. The van der Waals surface area contributed by atoms with E-state index in [-0.39, 0.29) is 23.9 Å². The molecular weight excluding hydrogens is 873 g/mol. The molecule has 2 atom stereocenters. The molecule has 0 bridgehead atoms. The molecule has 0 saturated heterocycles. The summed E-state index contributed by atoms with van der Waals surface area (Å²) < 4.78 is 0. The summed E-state index contributed by atoms with van der Waals surface area (Å²) >= 11 is 0. The monoisotopic (exact) mass is 943 g/mol. The fourth-order valence-electron chi connectivity index (χ4n) is 10.5. The van der Waals surface area contributed by atoms with Crippen LogP contribution in [0.1, 0.15) is 140 Å². The second-order valence-corrected chi connectivity index (χ2v) is 19.6. The van der Waals surface area contributed by atoms with Gasteiger partial charge in [0.1, 0.15) is 0 Å². The highest BCUT2D eigenvalue weighted by molar-refractivity contribution is 6.09. The van der Waals surface area contributed by atoms with Crippen LogP contribution in [-0.2, 0) is 35.5 Å². The van der Waals surface area contributed by atoms with Gasteiger partial charge in [-0.25, -0.2) is 0 Å². The third-order valence-electron chi connectivity index (χ3n) is 15.0. The standard InChI is InChI=1S/C63H70N6O2/c1-40-54(31-33-62(70)68(38-50-23-15-11-16-24-50)48(9)52-27-19-13-20-28-52)44(5)64-58(40)36-60-42(3)56(46(7)66-60)35-57-43(4)61(67-47(57)8)37-59-41(2)55(45(6)65-59)32-34-63(71)69(39-51-25-17-12-18-26-51)49(10)53-29-21-14-22-30-53/h11-30,36-37,48-49,64-65H,31-35,38-39H2,1-10H3/b60-36+,61-37?/t48-,49-/m1/s1. The summed E-state index contributed by atoms with van der Waals surface area (Å²) in [5.74, 6) is 0.279. The summed E-state index contributed by atoms with van der Waals surface area (Å²) in [6, 6.07) is 41.0. The minimum atomic E-state index is -0.0558. The maximum absolute atomic E-state index is 14.1. The molecule has 2 amide bonds. The Morgan fingerprint density at radius 2 is 0.845 bits per heavy atom. The van der Waals surface area contributed by atoms with Crippen molar-refractivity contribution in [2.75, 3.05) is 0 Å². The van der Waals surface area contributed by atoms with Gasteiger partial charge in [0.25, 0.3) is 0 Å². The predicted molar refractivity (Wildman–Crippen MR) is 293 cm³/mol. The molecule has 6 aromatic rings. The van der Waals surface area contributed by atoms with Gasteiger partial charge in [-0.3, -0.25) is 19.6 Å². The first-order valence-corrected chi connectivity index (χ1v) is 25.3. The zero-order valence-corrected chi connectivity index (χ0v) is 43.4. The molecule has 364 valence electrons. The van der Waals surface area contributed by atoms with E-state index in [0.29, 0.717) is 38.8 Å². The minimum absolute atomic E-state index is 0.0558. The van der Waals surface area contributed by atoms with Gasteiger partial charge in [0, 0.05) is 66.6 Å². The van der Waals surface area contributed by atoms with Gasteiger partial charge >= 0.3 is 0 Å². The number of rotatable bonds is 18. The van der Waals surface area contributed by atoms with Crippen LogP contribution >= 0.6 is 0 Å². The number of amides is 2. The van der Waals surface area contributed by atoms with E-state index in [1.165, 1.54) is 33.4 Å². The SMILES string of the molecule is CC1=NC(=Cc2[nH]c(C)c(CCC(=O)N(Cc3ccccc3)[C@H](C)c3ccccc3)c2C)C(C)=C1CC1=C(C)/C(=C\c2[nH]c(C)c(CCC(=O)N(Cc3ccccc3)[C@H](C)c3ccccc3)c2C)N=C1C. The molecule has 71 heavy (non-hydrogen) atoms. The minimum Gasteiger partial charge on any atom is -0.359 e. The van der Waals surface area contributed by atoms with Crippen molar-refractivity contribution in [3.63, 3.8) is 0 Å². The molecule has 0 aliphatic carbocycles. The van der Waals surface area contributed by atoms with Crippen molar-refractivity contribution >= 4 is 35.4 Å². The zero-order chi connectivity index (χ0) is 50.3. The Bertz CT molecular complexity index is 2880. The van der Waals surface area contributed by atoms with Gasteiger partial charge in [-0.15, -0.1) is 0 Å². The number of H-pyrrole nitrogens is 2. The van der Waals surface area contributed by atoms with E-state index in [2.05, 4.69) is 140 Å². The van der Waals surface area contributed by atoms with E-state index in [1.807, 2.05) is 82.6 Å². The summed E-state index contributed by atoms with van der Waals surface area (Å²) in [6.45, 7) is 22.5. The van der Waals surface area contributed by atoms with Gasteiger partial charge in [-0.1, -0.05) is 121 Å². The average molecular weight is 943 g/mol. The van der Waals surface area contributed by atoms with E-state index in [1.54, 1.807) is 0 Å². The Morgan fingerprint density at radius 1 is 0.507 bits per heavy atom. The van der Waals surface area contributed by atoms with E-state index < -0.39 is 0 Å². The second kappa shape index (κ2) is 22.2. The Balaban J connectivity index is 0.951. The topological polar surface area (TPSA) is 96.9 Å². The third kappa shape index (κ3) is 11.3. The summed E-state index contributed by atoms with van der Waals surface area (Å²) in [4.78, 5) is 49.8. The van der Waals surface area contributed by atoms with Crippen molar-refractivity contribution in [2.24, 2.45) is 9.98 Å². The van der Waals surface area contributed by atoms with Crippen molar-refractivity contribution in [1.82, 2.24) is 19.8 Å². The summed E-state index contributed by atoms with van der Waals surface area (Å²) in [5.41, 5.74) is 22.1. The number of nitrogens with zero attached hydrogens (tertiary/aromatic N) is 4. The first-order valence-electron chi connectivity index (χ1n) is 25.3. The summed E-state index contributed by atoms with van der Waals surface area (Å²) in [5, 5.41) is 0. The van der Waals surface area contributed by atoms with Gasteiger partial charge in [-0.2, -0.15) is 0 Å². The van der Waals surface area contributed by atoms with Gasteiger partial charge in [0.05, 0.1) is 23.5 Å². The van der Waals surface area contributed by atoms with E-state index >= 15 is 0 Å². The maximum Gasteiger partial charge on any atom is 0.223 e. The van der Waals surface area contributed by atoms with E-state index in [9.17, 15) is 9.59 Å². The highest BCUT2D eigenvalue weighted by Crippen LogP contribution is 2.37. The van der Waals surface area contributed by atoms with Crippen LogP contribution in [0, 0.1) is 27.7 Å². The molecule has 8 rings (SSSR count). The van der Waals surface area contributed by atoms with Gasteiger partial charge in [0.2, 0.25) is 11.8 Å². The molecule has 4 aromatic carbocycles. The molecule has 0 fully saturated rings. The van der Waals surface area contributed by atoms with Crippen molar-refractivity contribution in [1.29, 1.82) is 0 Å². The third-order valence-corrected chi connectivity index (χ3v) is 15.0. The van der Waals surface area contributed by atoms with Crippen molar-refractivity contribution in [3.8, 4) is 0 Å². The molecule has 0 spiro atoms. The van der Waals surface area contributed by atoms with Crippen molar-refractivity contribution in [3.05, 3.63) is 222 Å². The van der Waals surface area contributed by atoms with Gasteiger partial charge in [0.15, 0.2) is 0 Å². The molecule has 2 aliphatic rings. The summed E-state index contributed by atoms with van der Waals surface area (Å²) in [7, 11) is 0. The first-order chi connectivity index (χ1) is 34.2. The largest absolute Gasteiger partial charge is 0.359 e. The quantitative estimate of drug-likeness (QED) is 0.0897. The number of carbonyl (C=O) groups is 2. The molecule has 8 heteroatoms. The van der Waals surface area contributed by atoms with Crippen LogP contribution in [0.15, 0.2) is 165 Å². The maximum atomic E-state index is 14.1. The van der Waals surface area contributed by atoms with Crippen LogP contribution in [-0.4, -0.2) is 43.0 Å². The highest BCUT2D eigenvalue weighted by atomic mass is 16.2. The van der Waals surface area contributed by atoms with E-state index in [4.69, 9.17) is 9.98 Å². The molecule has 0 radical (unpaired) electrons. The Labute approximate surface area is 421 Å². The van der Waals surface area contributed by atoms with Crippen LogP contribution in [0.5, 0.6) is 0 Å². The van der Waals surface area contributed by atoms with Crippen LogP contribution < -0.4 is 0 Å². The number of aromatic nitrogens is 2. The van der Waals surface area contributed by atoms with Gasteiger partial charge < -0.3 is 19.8 Å². The van der Waals surface area contributed by atoms with Crippen LogP contribution in [0.2, 0.25) is 0 Å². The Morgan fingerprint density at radius 3 is 1.20 bits per heavy atom. The molecule has 2 N–H and O–H groups in total. The molecule has 4 heterocycles. The molecular formula is C63H70N6O2. The number of hydrogen-bond donors (Lipinski definition) is 2. The van der Waals surface area contributed by atoms with Crippen molar-refractivity contribution < 1.29 is 9.59 Å². The smallest absolute Gasteiger partial charge is 0.223 e. The molecule has 0 saturated carbocycles. The molecule has 2 aromatic heterocycles. The van der Waals surface area contributed by atoms with Crippen LogP contribution in [0.4, 0.5) is 0 Å². The van der Waals surface area contributed by atoms with Gasteiger partial charge in [-0.05, 0) is 161 Å². The number of aryl methyl sites for hydroxylation is 2. The fraction of sp³-hybridized carbons (Fsp3) is 0.302. The fourth-order valence-corrected chi connectivity index (χ4v) is 10.5. The number of allylic oxidation sites excluding steroid dienone is 4. The first kappa shape index (κ1) is 50.1. The number of nitrogens with one attached hydrogen (secondary N) is 2. The Hall–Kier alpha value is -7.32.